The van der Waals surface area contributed by atoms with Gasteiger partial charge in [-0.25, -0.2) is 0 Å². The molecule has 0 aliphatic carbocycles. The molecule has 1 atom stereocenters. The highest BCUT2D eigenvalue weighted by Gasteiger charge is 2.17. The smallest absolute Gasteiger partial charge is 0.236 e. The maximum atomic E-state index is 11.6. The van der Waals surface area contributed by atoms with Crippen LogP contribution in [0.4, 0.5) is 0 Å². The van der Waals surface area contributed by atoms with Gasteiger partial charge in [0.05, 0.1) is 6.04 Å². The average molecular weight is 242 g/mol. The summed E-state index contributed by atoms with van der Waals surface area (Å²) in [5, 5.41) is 6.10. The van der Waals surface area contributed by atoms with Crippen molar-refractivity contribution in [3.8, 4) is 0 Å². The number of nitrogens with one attached hydrogen (secondary N) is 2. The zero-order valence-corrected chi connectivity index (χ0v) is 12.0. The van der Waals surface area contributed by atoms with Crippen LogP contribution < -0.4 is 10.6 Å². The number of unbranched alkanes of at least 4 members (excludes halogenated alkanes) is 4. The fourth-order valence-electron chi connectivity index (χ4n) is 1.93. The van der Waals surface area contributed by atoms with E-state index in [-0.39, 0.29) is 11.9 Å². The Balaban J connectivity index is 3.72. The van der Waals surface area contributed by atoms with Gasteiger partial charge in [-0.15, -0.1) is 0 Å². The average Bonchev–Trinajstić information content (AvgIpc) is 2.30. The first kappa shape index (κ1) is 16.4. The Labute approximate surface area is 107 Å². The normalized spacial score (nSPS) is 12.8. The highest BCUT2D eigenvalue weighted by Crippen LogP contribution is 2.06. The molecular weight excluding hydrogens is 212 g/mol. The van der Waals surface area contributed by atoms with E-state index < -0.39 is 0 Å². The first-order valence-electron chi connectivity index (χ1n) is 7.06. The van der Waals surface area contributed by atoms with Crippen LogP contribution in [0.3, 0.4) is 0 Å². The molecule has 0 aliphatic rings. The van der Waals surface area contributed by atoms with E-state index in [9.17, 15) is 4.79 Å². The highest BCUT2D eigenvalue weighted by atomic mass is 16.2. The van der Waals surface area contributed by atoms with Gasteiger partial charge in [0.1, 0.15) is 0 Å². The van der Waals surface area contributed by atoms with Crippen molar-refractivity contribution in [3.05, 3.63) is 0 Å². The number of hydrogen-bond donors (Lipinski definition) is 2. The topological polar surface area (TPSA) is 41.1 Å². The van der Waals surface area contributed by atoms with Gasteiger partial charge in [-0.3, -0.25) is 4.79 Å². The molecule has 0 radical (unpaired) electrons. The molecule has 0 aliphatic heterocycles. The lowest BCUT2D eigenvalue weighted by Gasteiger charge is -2.19. The van der Waals surface area contributed by atoms with Gasteiger partial charge < -0.3 is 10.6 Å². The van der Waals surface area contributed by atoms with Gasteiger partial charge >= 0.3 is 0 Å². The van der Waals surface area contributed by atoms with Crippen molar-refractivity contribution in [1.29, 1.82) is 0 Å². The quantitative estimate of drug-likeness (QED) is 0.578. The summed E-state index contributed by atoms with van der Waals surface area (Å²) in [5.41, 5.74) is 0. The van der Waals surface area contributed by atoms with Crippen molar-refractivity contribution >= 4 is 5.91 Å². The van der Waals surface area contributed by atoms with Gasteiger partial charge in [-0.05, 0) is 25.3 Å². The van der Waals surface area contributed by atoms with Crippen molar-refractivity contribution in [1.82, 2.24) is 10.6 Å². The molecule has 0 saturated heterocycles. The van der Waals surface area contributed by atoms with Crippen LogP contribution in [0.1, 0.15) is 59.3 Å². The predicted octanol–water partition coefficient (Wildman–Crippen LogP) is 2.71. The second-order valence-corrected chi connectivity index (χ2v) is 5.16. The number of carbonyl (C=O) groups is 1. The predicted molar refractivity (Wildman–Crippen MR) is 74.1 cm³/mol. The Hall–Kier alpha value is -0.570. The summed E-state index contributed by atoms with van der Waals surface area (Å²) in [6.45, 7) is 7.48. The lowest BCUT2D eigenvalue weighted by Crippen LogP contribution is -2.44. The molecule has 1 amide bonds. The molecule has 2 N–H and O–H groups in total. The standard InChI is InChI=1S/C14H30N2O/c1-5-6-7-8-9-10-16-13(11-12(2)3)14(17)15-4/h12-13,16H,5-11H2,1-4H3,(H,15,17). The summed E-state index contributed by atoms with van der Waals surface area (Å²) >= 11 is 0. The van der Waals surface area contributed by atoms with Crippen LogP contribution in [0.15, 0.2) is 0 Å². The van der Waals surface area contributed by atoms with Crippen molar-refractivity contribution < 1.29 is 4.79 Å². The number of carbonyl (C=O) groups excluding carboxylic acids is 1. The third kappa shape index (κ3) is 9.16. The van der Waals surface area contributed by atoms with E-state index in [1.807, 2.05) is 0 Å². The Morgan fingerprint density at radius 3 is 2.29 bits per heavy atom. The first-order valence-corrected chi connectivity index (χ1v) is 7.06. The maximum absolute atomic E-state index is 11.6. The molecule has 17 heavy (non-hydrogen) atoms. The molecule has 1 unspecified atom stereocenters. The molecule has 0 aromatic carbocycles. The Bertz CT molecular complexity index is 193. The SMILES string of the molecule is CCCCCCCNC(CC(C)C)C(=O)NC. The Kier molecular flexibility index (Phi) is 10.2. The minimum absolute atomic E-state index is 0.0221. The monoisotopic (exact) mass is 242 g/mol. The summed E-state index contributed by atoms with van der Waals surface area (Å²) < 4.78 is 0. The van der Waals surface area contributed by atoms with E-state index in [1.165, 1.54) is 32.1 Å². The number of hydrogen-bond acceptors (Lipinski definition) is 2. The fraction of sp³-hybridized carbons (Fsp3) is 0.929. The highest BCUT2D eigenvalue weighted by molar-refractivity contribution is 5.81. The summed E-state index contributed by atoms with van der Waals surface area (Å²) in [6, 6.07) is -0.0221. The van der Waals surface area contributed by atoms with Crippen LogP contribution in [-0.4, -0.2) is 25.5 Å². The van der Waals surface area contributed by atoms with E-state index in [4.69, 9.17) is 0 Å². The van der Waals surface area contributed by atoms with Gasteiger partial charge in [-0.1, -0.05) is 46.5 Å². The Morgan fingerprint density at radius 2 is 1.76 bits per heavy atom. The number of rotatable bonds is 10. The second-order valence-electron chi connectivity index (χ2n) is 5.16. The summed E-state index contributed by atoms with van der Waals surface area (Å²) in [4.78, 5) is 11.6. The molecule has 0 fully saturated rings. The molecule has 0 aromatic heterocycles. The largest absolute Gasteiger partial charge is 0.358 e. The van der Waals surface area contributed by atoms with Gasteiger partial charge in [0.15, 0.2) is 0 Å². The molecule has 0 rings (SSSR count). The molecule has 0 bridgehead atoms. The third-order valence-corrected chi connectivity index (χ3v) is 2.94. The molecule has 102 valence electrons. The number of amides is 1. The lowest BCUT2D eigenvalue weighted by molar-refractivity contribution is -0.123. The maximum Gasteiger partial charge on any atom is 0.236 e. The Morgan fingerprint density at radius 1 is 1.12 bits per heavy atom. The lowest BCUT2D eigenvalue weighted by atomic mass is 10.0. The van der Waals surface area contributed by atoms with E-state index in [1.54, 1.807) is 7.05 Å². The van der Waals surface area contributed by atoms with Crippen molar-refractivity contribution in [2.75, 3.05) is 13.6 Å². The summed E-state index contributed by atoms with van der Waals surface area (Å²) in [5.74, 6) is 0.664. The van der Waals surface area contributed by atoms with Crippen molar-refractivity contribution in [3.63, 3.8) is 0 Å². The zero-order valence-electron chi connectivity index (χ0n) is 12.0. The third-order valence-electron chi connectivity index (χ3n) is 2.94. The van der Waals surface area contributed by atoms with E-state index in [0.717, 1.165) is 13.0 Å². The van der Waals surface area contributed by atoms with Crippen molar-refractivity contribution in [2.45, 2.75) is 65.3 Å². The van der Waals surface area contributed by atoms with Crippen LogP contribution in [0.5, 0.6) is 0 Å². The molecule has 3 nitrogen and oxygen atoms in total. The van der Waals surface area contributed by atoms with E-state index in [2.05, 4.69) is 31.4 Å². The number of likely N-dealkylation sites (N-methyl/N-ethyl adjacent to an activating group) is 1. The van der Waals surface area contributed by atoms with E-state index in [0.29, 0.717) is 5.92 Å². The van der Waals surface area contributed by atoms with E-state index >= 15 is 0 Å². The molecule has 0 saturated carbocycles. The van der Waals surface area contributed by atoms with Gasteiger partial charge in [-0.2, -0.15) is 0 Å². The first-order chi connectivity index (χ1) is 8.11. The van der Waals surface area contributed by atoms with Crippen LogP contribution in [0.25, 0.3) is 0 Å². The summed E-state index contributed by atoms with van der Waals surface area (Å²) in [6.07, 6.45) is 7.27. The molecular formula is C14H30N2O. The molecule has 3 heteroatoms. The fourth-order valence-corrected chi connectivity index (χ4v) is 1.93. The van der Waals surface area contributed by atoms with Gasteiger partial charge in [0.25, 0.3) is 0 Å². The van der Waals surface area contributed by atoms with Crippen LogP contribution in [0, 0.1) is 5.92 Å². The minimum atomic E-state index is -0.0221. The molecule has 0 spiro atoms. The van der Waals surface area contributed by atoms with Gasteiger partial charge in [0, 0.05) is 7.05 Å². The van der Waals surface area contributed by atoms with Crippen LogP contribution >= 0.6 is 0 Å². The minimum Gasteiger partial charge on any atom is -0.358 e. The zero-order chi connectivity index (χ0) is 13.1. The van der Waals surface area contributed by atoms with Crippen molar-refractivity contribution in [2.24, 2.45) is 5.92 Å². The van der Waals surface area contributed by atoms with Crippen LogP contribution in [-0.2, 0) is 4.79 Å². The van der Waals surface area contributed by atoms with Gasteiger partial charge in [0.2, 0.25) is 5.91 Å². The molecule has 0 heterocycles. The molecule has 0 aromatic rings. The van der Waals surface area contributed by atoms with Crippen LogP contribution in [0.2, 0.25) is 0 Å². The second kappa shape index (κ2) is 10.6. The summed E-state index contributed by atoms with van der Waals surface area (Å²) in [7, 11) is 1.71.